The fourth-order valence-corrected chi connectivity index (χ4v) is 4.74. The van der Waals surface area contributed by atoms with Gasteiger partial charge >= 0.3 is 5.97 Å². The summed E-state index contributed by atoms with van der Waals surface area (Å²) in [5.41, 5.74) is 1.40. The minimum absolute atomic E-state index is 0.0371. The first-order valence-corrected chi connectivity index (χ1v) is 11.6. The topological polar surface area (TPSA) is 129 Å². The zero-order valence-electron chi connectivity index (χ0n) is 17.5. The van der Waals surface area contributed by atoms with Gasteiger partial charge in [0.2, 0.25) is 11.1 Å². The number of nitrogens with two attached hydrogens (primary N) is 1. The third kappa shape index (κ3) is 5.12. The number of rotatable bonds is 8. The van der Waals surface area contributed by atoms with Crippen LogP contribution >= 0.6 is 34.7 Å². The highest BCUT2D eigenvalue weighted by molar-refractivity contribution is 7.99. The molecule has 0 atom stereocenters. The molecule has 3 rings (SSSR count). The number of carbonyl (C=O) groups is 3. The number of amides is 1. The molecule has 12 heteroatoms. The molecule has 0 aliphatic rings. The molecule has 0 bridgehead atoms. The second-order valence-corrected chi connectivity index (χ2v) is 8.96. The first-order chi connectivity index (χ1) is 15.2. The molecule has 0 aliphatic carbocycles. The second-order valence-electron chi connectivity index (χ2n) is 6.56. The van der Waals surface area contributed by atoms with E-state index < -0.39 is 11.9 Å². The van der Waals surface area contributed by atoms with Crippen LogP contribution in [0.2, 0.25) is 5.02 Å². The zero-order chi connectivity index (χ0) is 23.4. The van der Waals surface area contributed by atoms with Crippen LogP contribution in [0.1, 0.15) is 39.4 Å². The molecule has 0 aliphatic heterocycles. The van der Waals surface area contributed by atoms with Gasteiger partial charge in [-0.15, -0.1) is 21.5 Å². The Bertz CT molecular complexity index is 1170. The Morgan fingerprint density at radius 3 is 2.56 bits per heavy atom. The summed E-state index contributed by atoms with van der Waals surface area (Å²) in [6, 6.07) is 6.95. The molecular weight excluding hydrogens is 474 g/mol. The highest BCUT2D eigenvalue weighted by atomic mass is 35.5. The molecule has 168 valence electrons. The third-order valence-corrected chi connectivity index (χ3v) is 6.80. The van der Waals surface area contributed by atoms with Crippen molar-refractivity contribution in [3.05, 3.63) is 45.3 Å². The maximum atomic E-state index is 12.6. The number of ketones is 1. The molecule has 0 unspecified atom stereocenters. The second kappa shape index (κ2) is 10.2. The molecule has 0 spiro atoms. The fourth-order valence-electron chi connectivity index (χ4n) is 2.85. The van der Waals surface area contributed by atoms with Gasteiger partial charge in [-0.1, -0.05) is 23.4 Å². The SMILES string of the molecule is CCOC(=O)c1c(NC(=O)CSc2nnc(-c3ccc(Cl)cc3)n2N)sc(C(C)=O)c1C. The summed E-state index contributed by atoms with van der Waals surface area (Å²) in [5, 5.41) is 12.0. The van der Waals surface area contributed by atoms with Gasteiger partial charge in [0.1, 0.15) is 5.00 Å². The van der Waals surface area contributed by atoms with Crippen molar-refractivity contribution in [2.24, 2.45) is 0 Å². The largest absolute Gasteiger partial charge is 0.462 e. The number of thiophene rings is 1. The lowest BCUT2D eigenvalue weighted by Crippen LogP contribution is -2.18. The van der Waals surface area contributed by atoms with E-state index in [0.29, 0.717) is 26.4 Å². The Hall–Kier alpha value is -2.89. The predicted molar refractivity (Wildman–Crippen MR) is 125 cm³/mol. The number of aromatic nitrogens is 3. The first-order valence-electron chi connectivity index (χ1n) is 9.43. The molecule has 1 amide bonds. The molecule has 2 heterocycles. The summed E-state index contributed by atoms with van der Waals surface area (Å²) < 4.78 is 6.36. The van der Waals surface area contributed by atoms with Crippen molar-refractivity contribution in [2.75, 3.05) is 23.5 Å². The quantitative estimate of drug-likeness (QED) is 0.210. The average Bonchev–Trinajstić information content (AvgIpc) is 3.27. The molecule has 9 nitrogen and oxygen atoms in total. The highest BCUT2D eigenvalue weighted by Crippen LogP contribution is 2.34. The molecule has 0 saturated heterocycles. The number of hydrogen-bond donors (Lipinski definition) is 2. The number of benzene rings is 1. The van der Waals surface area contributed by atoms with Crippen molar-refractivity contribution in [1.82, 2.24) is 14.9 Å². The lowest BCUT2D eigenvalue weighted by molar-refractivity contribution is -0.113. The molecule has 0 fully saturated rings. The van der Waals surface area contributed by atoms with Gasteiger partial charge in [-0.25, -0.2) is 9.47 Å². The number of ether oxygens (including phenoxy) is 1. The van der Waals surface area contributed by atoms with Gasteiger partial charge in [-0.2, -0.15) is 0 Å². The van der Waals surface area contributed by atoms with Crippen LogP contribution < -0.4 is 11.2 Å². The van der Waals surface area contributed by atoms with Crippen LogP contribution in [0, 0.1) is 6.92 Å². The minimum atomic E-state index is -0.592. The maximum Gasteiger partial charge on any atom is 0.341 e. The number of esters is 1. The molecule has 0 radical (unpaired) electrons. The molecule has 3 aromatic rings. The van der Waals surface area contributed by atoms with Crippen molar-refractivity contribution in [1.29, 1.82) is 0 Å². The Morgan fingerprint density at radius 1 is 1.25 bits per heavy atom. The van der Waals surface area contributed by atoms with Gasteiger partial charge < -0.3 is 15.9 Å². The average molecular weight is 494 g/mol. The fraction of sp³-hybridized carbons (Fsp3) is 0.250. The van der Waals surface area contributed by atoms with E-state index in [4.69, 9.17) is 22.2 Å². The molecular formula is C20H20ClN5O4S2. The van der Waals surface area contributed by atoms with Crippen molar-refractivity contribution in [3.63, 3.8) is 0 Å². The number of halogens is 1. The van der Waals surface area contributed by atoms with Crippen molar-refractivity contribution < 1.29 is 19.1 Å². The number of nitrogens with one attached hydrogen (secondary N) is 1. The lowest BCUT2D eigenvalue weighted by atomic mass is 10.1. The molecule has 3 N–H and O–H groups in total. The number of nitrogens with zero attached hydrogens (tertiary/aromatic N) is 3. The highest BCUT2D eigenvalue weighted by Gasteiger charge is 2.25. The van der Waals surface area contributed by atoms with E-state index in [1.54, 1.807) is 38.1 Å². The van der Waals surface area contributed by atoms with E-state index in [1.807, 2.05) is 0 Å². The number of thioether (sulfide) groups is 1. The number of anilines is 1. The van der Waals surface area contributed by atoms with Crippen molar-refractivity contribution in [2.45, 2.75) is 25.9 Å². The van der Waals surface area contributed by atoms with Crippen LogP contribution in [-0.2, 0) is 9.53 Å². The smallest absolute Gasteiger partial charge is 0.341 e. The number of carbonyl (C=O) groups excluding carboxylic acids is 3. The third-order valence-electron chi connectivity index (χ3n) is 4.30. The van der Waals surface area contributed by atoms with E-state index in [0.717, 1.165) is 28.7 Å². The van der Waals surface area contributed by atoms with Crippen LogP contribution in [0.15, 0.2) is 29.4 Å². The van der Waals surface area contributed by atoms with Gasteiger partial charge in [0.05, 0.1) is 22.8 Å². The number of hydrogen-bond acceptors (Lipinski definition) is 9. The maximum absolute atomic E-state index is 12.6. The van der Waals surface area contributed by atoms with E-state index in [9.17, 15) is 14.4 Å². The lowest BCUT2D eigenvalue weighted by Gasteiger charge is -2.07. The summed E-state index contributed by atoms with van der Waals surface area (Å²) in [7, 11) is 0. The Morgan fingerprint density at radius 2 is 1.94 bits per heavy atom. The van der Waals surface area contributed by atoms with Gasteiger partial charge in [0.15, 0.2) is 11.6 Å². The Kier molecular flexibility index (Phi) is 7.54. The minimum Gasteiger partial charge on any atom is -0.462 e. The summed E-state index contributed by atoms with van der Waals surface area (Å²) in [4.78, 5) is 37.2. The summed E-state index contributed by atoms with van der Waals surface area (Å²) in [6.45, 7) is 4.91. The van der Waals surface area contributed by atoms with Crippen molar-refractivity contribution >= 4 is 57.4 Å². The monoisotopic (exact) mass is 493 g/mol. The van der Waals surface area contributed by atoms with Crippen LogP contribution in [0.4, 0.5) is 5.00 Å². The van der Waals surface area contributed by atoms with Crippen LogP contribution in [0.25, 0.3) is 11.4 Å². The Balaban J connectivity index is 1.73. The van der Waals surface area contributed by atoms with Gasteiger partial charge in [-0.3, -0.25) is 9.59 Å². The number of Topliss-reactive ketones (excluding diaryl/α,β-unsaturated/α-hetero) is 1. The zero-order valence-corrected chi connectivity index (χ0v) is 19.9. The van der Waals surface area contributed by atoms with Gasteiger partial charge in [0.25, 0.3) is 0 Å². The van der Waals surface area contributed by atoms with Gasteiger partial charge in [-0.05, 0) is 50.6 Å². The van der Waals surface area contributed by atoms with E-state index >= 15 is 0 Å². The van der Waals surface area contributed by atoms with Crippen LogP contribution in [-0.4, -0.2) is 44.9 Å². The Labute approximate surface area is 197 Å². The summed E-state index contributed by atoms with van der Waals surface area (Å²) >= 11 is 8.03. The predicted octanol–water partition coefficient (Wildman–Crippen LogP) is 3.79. The van der Waals surface area contributed by atoms with Gasteiger partial charge in [0, 0.05) is 10.6 Å². The van der Waals surface area contributed by atoms with Crippen LogP contribution in [0.5, 0.6) is 0 Å². The normalized spacial score (nSPS) is 10.8. The van der Waals surface area contributed by atoms with E-state index in [1.165, 1.54) is 11.6 Å². The van der Waals surface area contributed by atoms with Crippen LogP contribution in [0.3, 0.4) is 0 Å². The van der Waals surface area contributed by atoms with E-state index in [-0.39, 0.29) is 28.7 Å². The molecule has 0 saturated carbocycles. The first kappa shape index (κ1) is 23.8. The standard InChI is InChI=1S/C20H20ClN5O4S2/c1-4-30-19(29)15-10(2)16(11(3)27)32-18(15)23-14(28)9-31-20-25-24-17(26(20)22)12-5-7-13(21)8-6-12/h5-8H,4,9,22H2,1-3H3,(H,23,28). The summed E-state index contributed by atoms with van der Waals surface area (Å²) in [6.07, 6.45) is 0. The van der Waals surface area contributed by atoms with E-state index in [2.05, 4.69) is 15.5 Å². The molecule has 1 aromatic carbocycles. The molecule has 2 aromatic heterocycles. The van der Waals surface area contributed by atoms with Crippen molar-refractivity contribution in [3.8, 4) is 11.4 Å². The number of nitrogen functional groups attached to an aromatic ring is 1. The molecule has 32 heavy (non-hydrogen) atoms. The summed E-state index contributed by atoms with van der Waals surface area (Å²) in [5.74, 6) is 5.28.